The zero-order chi connectivity index (χ0) is 16.6. The molecule has 4 saturated carbocycles. The molecule has 0 amide bonds. The fraction of sp³-hybridized carbons (Fsp3) is 0.727. The van der Waals surface area contributed by atoms with Crippen molar-refractivity contribution >= 4 is 5.78 Å². The summed E-state index contributed by atoms with van der Waals surface area (Å²) in [4.78, 5) is 11.9. The van der Waals surface area contributed by atoms with Gasteiger partial charge in [0.15, 0.2) is 5.78 Å². The number of carbonyl (C=O) groups excluding carboxylic acids is 1. The molecule has 5 aliphatic rings. The Morgan fingerprint density at radius 3 is 2.92 bits per heavy atom. The summed E-state index contributed by atoms with van der Waals surface area (Å²) in [5.74, 6) is 5.36. The first-order valence-corrected chi connectivity index (χ1v) is 9.84. The molecule has 8 unspecified atom stereocenters. The average molecular weight is 321 g/mol. The van der Waals surface area contributed by atoms with Crippen molar-refractivity contribution in [3.05, 3.63) is 24.3 Å². The number of hydrogen-bond donors (Lipinski definition) is 0. The highest BCUT2D eigenvalue weighted by atomic mass is 16.1. The molecule has 0 aromatic heterocycles. The summed E-state index contributed by atoms with van der Waals surface area (Å²) in [7, 11) is 0. The number of ketones is 1. The lowest BCUT2D eigenvalue weighted by Gasteiger charge is -2.56. The zero-order valence-electron chi connectivity index (χ0n) is 14.6. The lowest BCUT2D eigenvalue weighted by molar-refractivity contribution is -0.116. The minimum absolute atomic E-state index is 0.233. The first-order valence-electron chi connectivity index (χ1n) is 9.84. The van der Waals surface area contributed by atoms with Crippen LogP contribution in [-0.2, 0) is 4.79 Å². The average Bonchev–Trinajstić information content (AvgIpc) is 3.28. The molecule has 0 aromatic rings. The maximum atomic E-state index is 11.9. The number of allylic oxidation sites excluding steroid dienone is 2. The Labute approximate surface area is 145 Å². The van der Waals surface area contributed by atoms with Crippen LogP contribution in [0.3, 0.4) is 0 Å². The van der Waals surface area contributed by atoms with E-state index < -0.39 is 0 Å². The van der Waals surface area contributed by atoms with E-state index in [2.05, 4.69) is 25.6 Å². The van der Waals surface area contributed by atoms with Gasteiger partial charge in [0, 0.05) is 6.42 Å². The van der Waals surface area contributed by atoms with Crippen molar-refractivity contribution in [1.82, 2.24) is 0 Å². The minimum Gasteiger partial charge on any atom is -0.295 e. The van der Waals surface area contributed by atoms with Crippen molar-refractivity contribution in [2.45, 2.75) is 45.4 Å². The second-order valence-corrected chi connectivity index (χ2v) is 9.42. The van der Waals surface area contributed by atoms with Gasteiger partial charge in [-0.25, -0.2) is 0 Å². The lowest BCUT2D eigenvalue weighted by atomic mass is 9.47. The molecule has 126 valence electrons. The second-order valence-electron chi connectivity index (χ2n) is 9.42. The third-order valence-electron chi connectivity index (χ3n) is 8.63. The summed E-state index contributed by atoms with van der Waals surface area (Å²) >= 11 is 0. The van der Waals surface area contributed by atoms with E-state index in [0.717, 1.165) is 31.1 Å². The van der Waals surface area contributed by atoms with E-state index in [4.69, 9.17) is 0 Å². The quantitative estimate of drug-likeness (QED) is 0.665. The molecule has 0 N–H and O–H groups in total. The van der Waals surface area contributed by atoms with Gasteiger partial charge in [0.25, 0.3) is 0 Å². The molecule has 0 radical (unpaired) electrons. The largest absolute Gasteiger partial charge is 0.295 e. The van der Waals surface area contributed by atoms with Gasteiger partial charge in [0.1, 0.15) is 0 Å². The summed E-state index contributed by atoms with van der Waals surface area (Å²) in [5.41, 5.74) is 1.65. The van der Waals surface area contributed by atoms with E-state index in [-0.39, 0.29) is 11.3 Å². The van der Waals surface area contributed by atoms with Crippen molar-refractivity contribution in [3.63, 3.8) is 0 Å². The topological polar surface area (TPSA) is 40.9 Å². The van der Waals surface area contributed by atoms with Gasteiger partial charge in [0.2, 0.25) is 0 Å². The Morgan fingerprint density at radius 1 is 1.33 bits per heavy atom. The first-order chi connectivity index (χ1) is 11.6. The van der Waals surface area contributed by atoms with Crippen LogP contribution in [0.5, 0.6) is 0 Å². The Kier molecular flexibility index (Phi) is 3.01. The van der Waals surface area contributed by atoms with Crippen molar-refractivity contribution in [3.8, 4) is 6.07 Å². The molecule has 0 aromatic carbocycles. The zero-order valence-corrected chi connectivity index (χ0v) is 14.6. The lowest BCUT2D eigenvalue weighted by Crippen LogP contribution is -2.50. The van der Waals surface area contributed by atoms with Crippen LogP contribution in [-0.4, -0.2) is 5.78 Å². The van der Waals surface area contributed by atoms with Crippen molar-refractivity contribution in [2.24, 2.45) is 52.8 Å². The Bertz CT molecular complexity index is 685. The number of fused-ring (bicyclic) bond motifs is 7. The summed E-state index contributed by atoms with van der Waals surface area (Å²) in [6, 6.07) is 2.70. The van der Waals surface area contributed by atoms with Crippen LogP contribution in [0.4, 0.5) is 0 Å². The molecular weight excluding hydrogens is 294 g/mol. The van der Waals surface area contributed by atoms with E-state index in [1.807, 2.05) is 6.08 Å². The van der Waals surface area contributed by atoms with Gasteiger partial charge < -0.3 is 0 Å². The maximum Gasteiger partial charge on any atom is 0.155 e. The molecule has 24 heavy (non-hydrogen) atoms. The van der Waals surface area contributed by atoms with E-state index in [9.17, 15) is 10.1 Å². The predicted octanol–water partition coefficient (Wildman–Crippen LogP) is 4.54. The van der Waals surface area contributed by atoms with Gasteiger partial charge in [-0.1, -0.05) is 18.6 Å². The van der Waals surface area contributed by atoms with Crippen LogP contribution in [0.2, 0.25) is 0 Å². The molecule has 0 bridgehead atoms. The molecule has 0 spiro atoms. The standard InChI is InChI=1S/C22H27NO/c1-3-12-8-13-9-14(24)4-5-15(13)16-6-7-22(2)19(11-23)17-10-18(17)21(22)20(12)16/h3,9,12,15-21H,1,4-8,10H2,2H3/t12?,15?,16?,17?,18?,19-,20?,21?,22?/m0/s1. The van der Waals surface area contributed by atoms with Crippen LogP contribution in [0.25, 0.3) is 0 Å². The van der Waals surface area contributed by atoms with E-state index >= 15 is 0 Å². The molecule has 0 aliphatic heterocycles. The second kappa shape index (κ2) is 4.84. The summed E-state index contributed by atoms with van der Waals surface area (Å²) < 4.78 is 0. The number of carbonyl (C=O) groups is 1. The molecular formula is C22H27NO. The van der Waals surface area contributed by atoms with Gasteiger partial charge in [-0.2, -0.15) is 5.26 Å². The van der Waals surface area contributed by atoms with E-state index in [1.165, 1.54) is 24.8 Å². The molecule has 9 atom stereocenters. The van der Waals surface area contributed by atoms with Gasteiger partial charge in [-0.15, -0.1) is 6.58 Å². The van der Waals surface area contributed by atoms with E-state index in [0.29, 0.717) is 35.4 Å². The SMILES string of the molecule is C=CC1CC2=CC(=O)CCC2C2CCC3(C)C(C4CC4[C@@H]3C#N)C12. The fourth-order valence-electron chi connectivity index (χ4n) is 7.71. The van der Waals surface area contributed by atoms with Crippen LogP contribution in [0, 0.1) is 64.1 Å². The van der Waals surface area contributed by atoms with Crippen molar-refractivity contribution in [2.75, 3.05) is 0 Å². The maximum absolute atomic E-state index is 11.9. The number of rotatable bonds is 1. The summed E-state index contributed by atoms with van der Waals surface area (Å²) in [6.07, 6.45) is 10.7. The Morgan fingerprint density at radius 2 is 2.17 bits per heavy atom. The van der Waals surface area contributed by atoms with Gasteiger partial charge in [-0.05, 0) is 85.0 Å². The highest BCUT2D eigenvalue weighted by molar-refractivity contribution is 5.91. The third-order valence-corrected chi connectivity index (χ3v) is 8.63. The van der Waals surface area contributed by atoms with E-state index in [1.54, 1.807) is 0 Å². The van der Waals surface area contributed by atoms with Gasteiger partial charge in [0.05, 0.1) is 12.0 Å². The van der Waals surface area contributed by atoms with Crippen LogP contribution in [0.1, 0.15) is 45.4 Å². The predicted molar refractivity (Wildman–Crippen MR) is 92.6 cm³/mol. The summed E-state index contributed by atoms with van der Waals surface area (Å²) in [5, 5.41) is 9.79. The molecule has 0 saturated heterocycles. The molecule has 5 aliphatic carbocycles. The highest BCUT2D eigenvalue weighted by Crippen LogP contribution is 2.74. The molecule has 5 rings (SSSR count). The molecule has 2 nitrogen and oxygen atoms in total. The molecule has 0 heterocycles. The molecule has 2 heteroatoms. The normalized spacial score (nSPS) is 54.5. The van der Waals surface area contributed by atoms with Crippen molar-refractivity contribution in [1.29, 1.82) is 5.26 Å². The number of nitriles is 1. The first kappa shape index (κ1) is 14.9. The fourth-order valence-corrected chi connectivity index (χ4v) is 7.71. The number of hydrogen-bond acceptors (Lipinski definition) is 2. The van der Waals surface area contributed by atoms with Crippen LogP contribution in [0.15, 0.2) is 24.3 Å². The van der Waals surface area contributed by atoms with Gasteiger partial charge in [-0.3, -0.25) is 4.79 Å². The Balaban J connectivity index is 1.56. The van der Waals surface area contributed by atoms with Crippen molar-refractivity contribution < 1.29 is 4.79 Å². The Hall–Kier alpha value is -1.36. The molecule has 4 fully saturated rings. The highest BCUT2D eigenvalue weighted by Gasteiger charge is 2.70. The summed E-state index contributed by atoms with van der Waals surface area (Å²) in [6.45, 7) is 6.59. The van der Waals surface area contributed by atoms with Crippen LogP contribution < -0.4 is 0 Å². The van der Waals surface area contributed by atoms with Crippen LogP contribution >= 0.6 is 0 Å². The number of nitrogens with zero attached hydrogens (tertiary/aromatic N) is 1. The monoisotopic (exact) mass is 321 g/mol. The minimum atomic E-state index is 0.233. The smallest absolute Gasteiger partial charge is 0.155 e. The van der Waals surface area contributed by atoms with Gasteiger partial charge >= 0.3 is 0 Å². The third kappa shape index (κ3) is 1.74.